The molecule has 1 aliphatic rings. The van der Waals surface area contributed by atoms with Crippen molar-refractivity contribution in [2.75, 3.05) is 25.5 Å². The molecule has 5 nitrogen and oxygen atoms in total. The minimum Gasteiger partial charge on any atom is -0.741 e. The lowest BCUT2D eigenvalue weighted by Crippen LogP contribution is -2.43. The predicted octanol–water partition coefficient (Wildman–Crippen LogP) is 2.42. The molecule has 0 spiro atoms. The van der Waals surface area contributed by atoms with Crippen LogP contribution in [0.2, 0.25) is 19.6 Å². The van der Waals surface area contributed by atoms with E-state index >= 15 is 0 Å². The number of rotatable bonds is 2. The molecular formula is C12H25F3N2O3S2Si. The number of piperidine rings is 1. The van der Waals surface area contributed by atoms with E-state index in [2.05, 4.69) is 35.8 Å². The third-order valence-electron chi connectivity index (χ3n) is 2.89. The fraction of sp³-hybridized carbons (Fsp3) is 0.917. The van der Waals surface area contributed by atoms with Crippen molar-refractivity contribution >= 4 is 35.1 Å². The van der Waals surface area contributed by atoms with Crippen LogP contribution < -0.4 is 5.32 Å². The quantitative estimate of drug-likeness (QED) is 0.256. The van der Waals surface area contributed by atoms with E-state index < -0.39 is 23.7 Å². The highest BCUT2D eigenvalue weighted by molar-refractivity contribution is 8.13. The lowest BCUT2D eigenvalue weighted by Gasteiger charge is -2.18. The molecule has 1 N–H and O–H groups in total. The van der Waals surface area contributed by atoms with Gasteiger partial charge in [-0.05, 0) is 37.3 Å². The van der Waals surface area contributed by atoms with Gasteiger partial charge >= 0.3 is 10.7 Å². The first kappa shape index (κ1) is 22.7. The lowest BCUT2D eigenvalue weighted by molar-refractivity contribution is -0.536. The highest BCUT2D eigenvalue weighted by Gasteiger charge is 2.36. The molecule has 0 atom stereocenters. The molecule has 1 heterocycles. The van der Waals surface area contributed by atoms with Crippen LogP contribution in [0.1, 0.15) is 19.3 Å². The lowest BCUT2D eigenvalue weighted by atomic mass is 10.2. The van der Waals surface area contributed by atoms with Crippen molar-refractivity contribution in [3.05, 3.63) is 0 Å². The monoisotopic (exact) mass is 394 g/mol. The SMILES string of the molecule is CSC(NC[Si](C)(C)C)=[N+]1CCCCC1.O=S(=O)([O-])C(F)(F)F. The second kappa shape index (κ2) is 9.28. The summed E-state index contributed by atoms with van der Waals surface area (Å²) in [6.45, 7) is 9.72. The van der Waals surface area contributed by atoms with Crippen LogP contribution in [-0.4, -0.2) is 61.8 Å². The predicted molar refractivity (Wildman–Crippen MR) is 89.5 cm³/mol. The molecule has 138 valence electrons. The first-order valence-electron chi connectivity index (χ1n) is 7.20. The Labute approximate surface area is 141 Å². The summed E-state index contributed by atoms with van der Waals surface area (Å²) >= 11 is 1.87. The molecule has 0 radical (unpaired) electrons. The zero-order valence-corrected chi connectivity index (χ0v) is 16.5. The van der Waals surface area contributed by atoms with Gasteiger partial charge in [0, 0.05) is 0 Å². The topological polar surface area (TPSA) is 72.2 Å². The summed E-state index contributed by atoms with van der Waals surface area (Å²) in [6, 6.07) is 0. The first-order valence-corrected chi connectivity index (χ1v) is 13.5. The first-order chi connectivity index (χ1) is 10.3. The molecule has 1 aliphatic heterocycles. The average Bonchev–Trinajstić information content (AvgIpc) is 2.38. The number of halogens is 3. The molecule has 0 aliphatic carbocycles. The fourth-order valence-corrected chi connectivity index (χ4v) is 3.23. The van der Waals surface area contributed by atoms with E-state index in [-0.39, 0.29) is 0 Å². The third-order valence-corrected chi connectivity index (χ3v) is 5.48. The number of alkyl halides is 3. The maximum absolute atomic E-state index is 10.7. The van der Waals surface area contributed by atoms with Gasteiger partial charge in [-0.25, -0.2) is 8.42 Å². The van der Waals surface area contributed by atoms with Crippen molar-refractivity contribution in [3.8, 4) is 0 Å². The summed E-state index contributed by atoms with van der Waals surface area (Å²) in [5.74, 6) is 0. The van der Waals surface area contributed by atoms with Gasteiger partial charge in [-0.2, -0.15) is 13.2 Å². The summed E-state index contributed by atoms with van der Waals surface area (Å²) in [6.07, 6.45) is 7.50. The summed E-state index contributed by atoms with van der Waals surface area (Å²) in [4.78, 5) is 0. The molecule has 1 rings (SSSR count). The summed E-state index contributed by atoms with van der Waals surface area (Å²) < 4.78 is 61.4. The zero-order valence-electron chi connectivity index (χ0n) is 13.9. The normalized spacial score (nSPS) is 16.4. The van der Waals surface area contributed by atoms with Gasteiger partial charge in [0.05, 0.1) is 27.3 Å². The van der Waals surface area contributed by atoms with Gasteiger partial charge in [0.15, 0.2) is 10.1 Å². The van der Waals surface area contributed by atoms with Gasteiger partial charge in [0.1, 0.15) is 0 Å². The fourth-order valence-electron chi connectivity index (χ4n) is 1.75. The highest BCUT2D eigenvalue weighted by atomic mass is 32.2. The zero-order chi connectivity index (χ0) is 18.3. The molecule has 0 saturated carbocycles. The van der Waals surface area contributed by atoms with E-state index in [1.807, 2.05) is 11.8 Å². The second-order valence-corrected chi connectivity index (χ2v) is 14.0. The Morgan fingerprint density at radius 3 is 1.96 bits per heavy atom. The van der Waals surface area contributed by atoms with Gasteiger partial charge < -0.3 is 4.55 Å². The molecule has 0 bridgehead atoms. The number of thioether (sulfide) groups is 1. The van der Waals surface area contributed by atoms with Crippen LogP contribution in [0.3, 0.4) is 0 Å². The Hall–Kier alpha value is -0.263. The molecule has 11 heteroatoms. The van der Waals surface area contributed by atoms with Gasteiger partial charge in [-0.3, -0.25) is 9.89 Å². The molecule has 0 aromatic carbocycles. The highest BCUT2D eigenvalue weighted by Crippen LogP contribution is 2.20. The van der Waals surface area contributed by atoms with Crippen molar-refractivity contribution in [1.82, 2.24) is 5.32 Å². The van der Waals surface area contributed by atoms with Crippen molar-refractivity contribution in [3.63, 3.8) is 0 Å². The summed E-state index contributed by atoms with van der Waals surface area (Å²) in [5, 5.41) is 5.05. The number of hydrogen-bond donors (Lipinski definition) is 1. The average molecular weight is 395 g/mol. The number of amidine groups is 1. The summed E-state index contributed by atoms with van der Waals surface area (Å²) in [5.41, 5.74) is -5.65. The van der Waals surface area contributed by atoms with Gasteiger partial charge in [0.25, 0.3) is 0 Å². The van der Waals surface area contributed by atoms with Crippen LogP contribution in [0.15, 0.2) is 0 Å². The Bertz CT molecular complexity index is 495. The van der Waals surface area contributed by atoms with Crippen LogP contribution in [0.5, 0.6) is 0 Å². The summed E-state index contributed by atoms with van der Waals surface area (Å²) in [7, 11) is -7.06. The Morgan fingerprint density at radius 2 is 1.65 bits per heavy atom. The van der Waals surface area contributed by atoms with E-state index in [4.69, 9.17) is 13.0 Å². The van der Waals surface area contributed by atoms with Crippen LogP contribution in [0, 0.1) is 0 Å². The van der Waals surface area contributed by atoms with Gasteiger partial charge in [-0.15, -0.1) is 0 Å². The minimum absolute atomic E-state index is 0.972. The number of nitrogens with zero attached hydrogens (tertiary/aromatic N) is 1. The number of hydrogen-bond acceptors (Lipinski definition) is 4. The van der Waals surface area contributed by atoms with E-state index in [0.717, 1.165) is 0 Å². The van der Waals surface area contributed by atoms with Gasteiger partial charge in [0.2, 0.25) is 0 Å². The van der Waals surface area contributed by atoms with Crippen LogP contribution in [0.25, 0.3) is 0 Å². The van der Waals surface area contributed by atoms with E-state index in [9.17, 15) is 13.2 Å². The third kappa shape index (κ3) is 10.3. The second-order valence-electron chi connectivity index (χ2n) is 6.37. The molecule has 0 aromatic rings. The van der Waals surface area contributed by atoms with Crippen LogP contribution in [0.4, 0.5) is 13.2 Å². The van der Waals surface area contributed by atoms with Crippen molar-refractivity contribution in [1.29, 1.82) is 0 Å². The van der Waals surface area contributed by atoms with E-state index in [1.165, 1.54) is 43.7 Å². The van der Waals surface area contributed by atoms with Crippen molar-refractivity contribution < 1.29 is 30.7 Å². The molecule has 0 amide bonds. The van der Waals surface area contributed by atoms with Crippen molar-refractivity contribution in [2.24, 2.45) is 0 Å². The van der Waals surface area contributed by atoms with Crippen LogP contribution in [-0.2, 0) is 10.1 Å². The smallest absolute Gasteiger partial charge is 0.485 e. The molecule has 1 fully saturated rings. The minimum atomic E-state index is -6.09. The van der Waals surface area contributed by atoms with Gasteiger partial charge in [-0.1, -0.05) is 19.6 Å². The molecular weight excluding hydrogens is 369 g/mol. The van der Waals surface area contributed by atoms with Crippen molar-refractivity contribution in [2.45, 2.75) is 44.4 Å². The van der Waals surface area contributed by atoms with E-state index in [0.29, 0.717) is 0 Å². The Morgan fingerprint density at radius 1 is 1.22 bits per heavy atom. The maximum atomic E-state index is 10.7. The number of nitrogens with one attached hydrogen (secondary N) is 1. The maximum Gasteiger partial charge on any atom is 0.485 e. The largest absolute Gasteiger partial charge is 0.741 e. The molecule has 23 heavy (non-hydrogen) atoms. The standard InChI is InChI=1S/C11H24N2SSi.CHF3O3S/c1-14-11(12-10-15(2,3)4)13-8-6-5-7-9-13;2-1(3,4)8(5,6)7/h5-10H2,1-4H3;(H,5,6,7). The van der Waals surface area contributed by atoms with E-state index in [1.54, 1.807) is 0 Å². The van der Waals surface area contributed by atoms with Crippen LogP contribution >= 0.6 is 11.8 Å². The Kier molecular flexibility index (Phi) is 9.17. The molecule has 1 saturated heterocycles. The Balaban J connectivity index is 0.000000515. The molecule has 0 unspecified atom stereocenters. The molecule has 0 aromatic heterocycles.